The predicted molar refractivity (Wildman–Crippen MR) is 152 cm³/mol. The van der Waals surface area contributed by atoms with E-state index in [1.807, 2.05) is 6.07 Å². The average molecular weight is 496 g/mol. The summed E-state index contributed by atoms with van der Waals surface area (Å²) in [5.74, 6) is 0.195. The highest BCUT2D eigenvalue weighted by atomic mass is 16.5. The lowest BCUT2D eigenvalue weighted by Gasteiger charge is -2.36. The second-order valence-electron chi connectivity index (χ2n) is 9.95. The van der Waals surface area contributed by atoms with Gasteiger partial charge in [0.05, 0.1) is 18.9 Å². The average Bonchev–Trinajstić information content (AvgIpc) is 2.89. The largest absolute Gasteiger partial charge is 0.378 e. The minimum Gasteiger partial charge on any atom is -0.378 e. The van der Waals surface area contributed by atoms with Crippen molar-refractivity contribution in [3.63, 3.8) is 0 Å². The molecule has 2 fully saturated rings. The van der Waals surface area contributed by atoms with Gasteiger partial charge in [-0.1, -0.05) is 23.3 Å². The third-order valence-electron chi connectivity index (χ3n) is 6.64. The summed E-state index contributed by atoms with van der Waals surface area (Å²) in [5.41, 5.74) is 12.0. The first-order valence-electron chi connectivity index (χ1n) is 13.2. The van der Waals surface area contributed by atoms with Gasteiger partial charge in [-0.25, -0.2) is 9.98 Å². The summed E-state index contributed by atoms with van der Waals surface area (Å²) < 4.78 is 5.57. The number of anilines is 1. The van der Waals surface area contributed by atoms with E-state index in [4.69, 9.17) is 10.5 Å². The molecule has 0 amide bonds. The molecule has 1 aromatic carbocycles. The van der Waals surface area contributed by atoms with Crippen LogP contribution in [0.1, 0.15) is 39.2 Å². The van der Waals surface area contributed by atoms with Gasteiger partial charge < -0.3 is 20.7 Å². The number of nitrogens with zero attached hydrogens (tertiary/aromatic N) is 5. The van der Waals surface area contributed by atoms with Crippen LogP contribution < -0.4 is 16.0 Å². The number of nitrogens with two attached hydrogens (primary N) is 1. The fourth-order valence-electron chi connectivity index (χ4n) is 4.52. The van der Waals surface area contributed by atoms with Crippen molar-refractivity contribution >= 4 is 24.1 Å². The molecule has 0 saturated carbocycles. The Morgan fingerprint density at radius 2 is 1.78 bits per heavy atom. The minimum atomic E-state index is 0.195. The molecule has 2 saturated heterocycles. The lowest BCUT2D eigenvalue weighted by molar-refractivity contribution is 0.118. The maximum absolute atomic E-state index is 5.80. The fraction of sp³-hybridized carbons (Fsp3) is 0.571. The summed E-state index contributed by atoms with van der Waals surface area (Å²) in [6, 6.07) is 6.31. The number of morpholine rings is 1. The highest BCUT2D eigenvalue weighted by Gasteiger charge is 2.20. The number of piperazine rings is 1. The van der Waals surface area contributed by atoms with Crippen molar-refractivity contribution in [3.05, 3.63) is 47.1 Å². The summed E-state index contributed by atoms with van der Waals surface area (Å²) in [5, 5.41) is 3.63. The standard InChI is InChI=1S/C28H45N7O/c1-23(2)7-8-24(3)6-5-11-31-22-34-14-12-33(13-15-34)21-25-20-26(32-28(29)30-4)9-10-27(25)35-16-18-36-19-17-35/h7-10,20,31H,4-6,11-19,21-22H2,1-3H3,(H2,29,32)/b24-8+. The van der Waals surface area contributed by atoms with E-state index in [9.17, 15) is 0 Å². The fourth-order valence-corrected chi connectivity index (χ4v) is 4.52. The van der Waals surface area contributed by atoms with Crippen LogP contribution >= 0.6 is 0 Å². The Kier molecular flexibility index (Phi) is 11.6. The molecule has 36 heavy (non-hydrogen) atoms. The lowest BCUT2D eigenvalue weighted by atomic mass is 10.1. The number of aliphatic imine (C=N–C) groups is 2. The van der Waals surface area contributed by atoms with E-state index < -0.39 is 0 Å². The van der Waals surface area contributed by atoms with E-state index in [-0.39, 0.29) is 5.96 Å². The number of benzene rings is 1. The number of nitrogens with one attached hydrogen (secondary N) is 1. The first kappa shape index (κ1) is 28.1. The number of rotatable bonds is 11. The zero-order valence-electron chi connectivity index (χ0n) is 22.5. The second-order valence-corrected chi connectivity index (χ2v) is 9.95. The van der Waals surface area contributed by atoms with Crippen LogP contribution in [0.3, 0.4) is 0 Å². The van der Waals surface area contributed by atoms with Gasteiger partial charge in [0, 0.05) is 58.2 Å². The maximum atomic E-state index is 5.80. The third kappa shape index (κ3) is 9.50. The van der Waals surface area contributed by atoms with E-state index in [1.165, 1.54) is 28.8 Å². The third-order valence-corrected chi connectivity index (χ3v) is 6.64. The van der Waals surface area contributed by atoms with Gasteiger partial charge in [0.25, 0.3) is 0 Å². The van der Waals surface area contributed by atoms with Crippen molar-refractivity contribution in [1.82, 2.24) is 15.1 Å². The predicted octanol–water partition coefficient (Wildman–Crippen LogP) is 3.53. The summed E-state index contributed by atoms with van der Waals surface area (Å²) in [4.78, 5) is 15.6. The van der Waals surface area contributed by atoms with Gasteiger partial charge in [-0.3, -0.25) is 9.80 Å². The van der Waals surface area contributed by atoms with Gasteiger partial charge in [-0.05, 0) is 70.6 Å². The molecule has 0 aliphatic carbocycles. The molecule has 2 heterocycles. The lowest BCUT2D eigenvalue weighted by Crippen LogP contribution is -2.49. The van der Waals surface area contributed by atoms with Crippen LogP contribution in [-0.4, -0.2) is 88.2 Å². The normalized spacial score (nSPS) is 18.4. The molecule has 1 aromatic rings. The van der Waals surface area contributed by atoms with Gasteiger partial charge in [-0.2, -0.15) is 0 Å². The Hall–Kier alpha value is -2.52. The zero-order chi connectivity index (χ0) is 25.8. The van der Waals surface area contributed by atoms with E-state index in [0.29, 0.717) is 0 Å². The van der Waals surface area contributed by atoms with Crippen molar-refractivity contribution < 1.29 is 4.74 Å². The topological polar surface area (TPSA) is 81.7 Å². The van der Waals surface area contributed by atoms with Crippen LogP contribution in [0.2, 0.25) is 0 Å². The van der Waals surface area contributed by atoms with Crippen LogP contribution in [-0.2, 0) is 11.3 Å². The van der Waals surface area contributed by atoms with Crippen LogP contribution in [0.25, 0.3) is 0 Å². The van der Waals surface area contributed by atoms with Crippen molar-refractivity contribution in [1.29, 1.82) is 0 Å². The van der Waals surface area contributed by atoms with E-state index in [2.05, 4.69) is 81.8 Å². The Bertz CT molecular complexity index is 922. The number of ether oxygens (including phenoxy) is 1. The SMILES string of the molecule is C=NC(N)=Nc1ccc(N2CCOCC2)c(CN2CCN(CNCCC/C(C)=C/C=C(C)C)CC2)c1. The monoisotopic (exact) mass is 495 g/mol. The molecule has 8 heteroatoms. The summed E-state index contributed by atoms with van der Waals surface area (Å²) >= 11 is 0. The molecular formula is C28H45N7O. The van der Waals surface area contributed by atoms with E-state index in [0.717, 1.165) is 84.3 Å². The number of allylic oxidation sites excluding steroid dienone is 4. The molecule has 0 unspecified atom stereocenters. The highest BCUT2D eigenvalue weighted by Crippen LogP contribution is 2.28. The maximum Gasteiger partial charge on any atom is 0.219 e. The van der Waals surface area contributed by atoms with E-state index >= 15 is 0 Å². The molecule has 3 N–H and O–H groups in total. The second kappa shape index (κ2) is 14.9. The van der Waals surface area contributed by atoms with Crippen molar-refractivity contribution in [2.24, 2.45) is 15.7 Å². The van der Waals surface area contributed by atoms with Crippen LogP contribution in [0.5, 0.6) is 0 Å². The van der Waals surface area contributed by atoms with Crippen LogP contribution in [0.4, 0.5) is 11.4 Å². The van der Waals surface area contributed by atoms with Gasteiger partial charge >= 0.3 is 0 Å². The number of guanidine groups is 1. The minimum absolute atomic E-state index is 0.195. The smallest absolute Gasteiger partial charge is 0.219 e. The summed E-state index contributed by atoms with van der Waals surface area (Å²) in [6.45, 7) is 20.5. The Balaban J connectivity index is 1.48. The van der Waals surface area contributed by atoms with Crippen LogP contribution in [0.15, 0.2) is 51.5 Å². The molecule has 0 aromatic heterocycles. The molecule has 198 valence electrons. The molecule has 8 nitrogen and oxygen atoms in total. The molecule has 0 bridgehead atoms. The van der Waals surface area contributed by atoms with E-state index in [1.54, 1.807) is 0 Å². The molecular weight excluding hydrogens is 450 g/mol. The summed E-state index contributed by atoms with van der Waals surface area (Å²) in [7, 11) is 0. The molecule has 0 radical (unpaired) electrons. The Morgan fingerprint density at radius 3 is 2.47 bits per heavy atom. The number of hydrogen-bond donors (Lipinski definition) is 2. The van der Waals surface area contributed by atoms with Gasteiger partial charge in [-0.15, -0.1) is 0 Å². The van der Waals surface area contributed by atoms with Crippen molar-refractivity contribution in [3.8, 4) is 0 Å². The molecule has 0 atom stereocenters. The van der Waals surface area contributed by atoms with Gasteiger partial charge in [0.2, 0.25) is 5.96 Å². The molecule has 3 rings (SSSR count). The Morgan fingerprint density at radius 1 is 1.06 bits per heavy atom. The van der Waals surface area contributed by atoms with Crippen molar-refractivity contribution in [2.75, 3.05) is 70.6 Å². The molecule has 2 aliphatic heterocycles. The van der Waals surface area contributed by atoms with Crippen LogP contribution in [0, 0.1) is 0 Å². The molecule has 0 spiro atoms. The quantitative estimate of drug-likeness (QED) is 0.212. The van der Waals surface area contributed by atoms with Gasteiger partial charge in [0.1, 0.15) is 0 Å². The van der Waals surface area contributed by atoms with Gasteiger partial charge in [0.15, 0.2) is 0 Å². The molecule has 2 aliphatic rings. The number of hydrogen-bond acceptors (Lipinski definition) is 6. The first-order chi connectivity index (χ1) is 17.4. The van der Waals surface area contributed by atoms with Crippen molar-refractivity contribution in [2.45, 2.75) is 40.2 Å². The Labute approximate surface area is 217 Å². The summed E-state index contributed by atoms with van der Waals surface area (Å²) in [6.07, 6.45) is 6.76. The zero-order valence-corrected chi connectivity index (χ0v) is 22.5. The first-order valence-corrected chi connectivity index (χ1v) is 13.2. The highest BCUT2D eigenvalue weighted by molar-refractivity contribution is 5.85.